The van der Waals surface area contributed by atoms with Crippen molar-refractivity contribution in [3.8, 4) is 17.2 Å². The molecule has 2 N–H and O–H groups in total. The number of benzene rings is 3. The standard InChI is InChI=1S/C26H20BrN3O8/c1-2-37-22-13-16(12-21(27)23(22)38-14-15-4-3-5-18(10-15)30(35)36)11-20-24(32)28-26(34)29(25(20)33)17-6-8-19(31)9-7-17/h3-13,31H,2,14H2,1H3,(H,28,32,34)/b20-11+. The van der Waals surface area contributed by atoms with Crippen LogP contribution in [0.4, 0.5) is 16.2 Å². The van der Waals surface area contributed by atoms with E-state index in [1.807, 2.05) is 0 Å². The Kier molecular flexibility index (Phi) is 7.72. The van der Waals surface area contributed by atoms with Crippen molar-refractivity contribution in [2.75, 3.05) is 11.5 Å². The zero-order chi connectivity index (χ0) is 27.4. The first-order chi connectivity index (χ1) is 18.2. The molecule has 0 spiro atoms. The van der Waals surface area contributed by atoms with Gasteiger partial charge in [-0.05, 0) is 76.5 Å². The number of barbiturate groups is 1. The van der Waals surface area contributed by atoms with Crippen molar-refractivity contribution < 1.29 is 33.9 Å². The number of nitrogens with one attached hydrogen (secondary N) is 1. The molecule has 1 saturated heterocycles. The van der Waals surface area contributed by atoms with Gasteiger partial charge in [0.05, 0.1) is 21.7 Å². The Labute approximate surface area is 224 Å². The molecule has 0 radical (unpaired) electrons. The molecule has 194 valence electrons. The maximum atomic E-state index is 13.1. The third kappa shape index (κ3) is 5.65. The van der Waals surface area contributed by atoms with E-state index in [1.165, 1.54) is 42.5 Å². The summed E-state index contributed by atoms with van der Waals surface area (Å²) >= 11 is 3.42. The van der Waals surface area contributed by atoms with Gasteiger partial charge in [-0.15, -0.1) is 0 Å². The Morgan fingerprint density at radius 2 is 1.82 bits per heavy atom. The summed E-state index contributed by atoms with van der Waals surface area (Å²) in [5.74, 6) is -1.14. The zero-order valence-corrected chi connectivity index (χ0v) is 21.4. The summed E-state index contributed by atoms with van der Waals surface area (Å²) in [6.45, 7) is 2.07. The third-order valence-corrected chi connectivity index (χ3v) is 5.95. The molecule has 1 aliphatic heterocycles. The van der Waals surface area contributed by atoms with Gasteiger partial charge in [-0.25, -0.2) is 9.69 Å². The maximum absolute atomic E-state index is 13.1. The number of aromatic hydroxyl groups is 1. The predicted octanol–water partition coefficient (Wildman–Crippen LogP) is 4.71. The lowest BCUT2D eigenvalue weighted by molar-refractivity contribution is -0.384. The number of carbonyl (C=O) groups is 3. The summed E-state index contributed by atoms with van der Waals surface area (Å²) in [5, 5.41) is 22.7. The number of anilines is 1. The lowest BCUT2D eigenvalue weighted by atomic mass is 10.1. The monoisotopic (exact) mass is 581 g/mol. The second kappa shape index (κ2) is 11.1. The highest BCUT2D eigenvalue weighted by Gasteiger charge is 2.36. The van der Waals surface area contributed by atoms with E-state index in [1.54, 1.807) is 31.2 Å². The van der Waals surface area contributed by atoms with Crippen LogP contribution in [0.15, 0.2) is 70.7 Å². The number of imide groups is 2. The first kappa shape index (κ1) is 26.4. The number of amides is 4. The quantitative estimate of drug-likeness (QED) is 0.168. The molecule has 0 atom stereocenters. The van der Waals surface area contributed by atoms with Gasteiger partial charge in [0, 0.05) is 12.1 Å². The highest BCUT2D eigenvalue weighted by Crippen LogP contribution is 2.38. The van der Waals surface area contributed by atoms with E-state index < -0.39 is 22.8 Å². The molecule has 12 heteroatoms. The lowest BCUT2D eigenvalue weighted by Gasteiger charge is -2.26. The number of rotatable bonds is 8. The first-order valence-electron chi connectivity index (χ1n) is 11.2. The van der Waals surface area contributed by atoms with E-state index in [9.17, 15) is 29.6 Å². The van der Waals surface area contributed by atoms with E-state index in [-0.39, 0.29) is 35.9 Å². The second-order valence-corrected chi connectivity index (χ2v) is 8.81. The molecule has 1 fully saturated rings. The molecular formula is C26H20BrN3O8. The number of carbonyl (C=O) groups excluding carboxylic acids is 3. The smallest absolute Gasteiger partial charge is 0.335 e. The van der Waals surface area contributed by atoms with E-state index in [4.69, 9.17) is 9.47 Å². The van der Waals surface area contributed by atoms with Gasteiger partial charge in [0.2, 0.25) is 0 Å². The number of phenolic OH excluding ortho intramolecular Hbond substituents is 1. The number of nitro groups is 1. The van der Waals surface area contributed by atoms with Gasteiger partial charge in [0.25, 0.3) is 17.5 Å². The molecule has 11 nitrogen and oxygen atoms in total. The van der Waals surface area contributed by atoms with Crippen LogP contribution in [0.1, 0.15) is 18.1 Å². The van der Waals surface area contributed by atoms with Gasteiger partial charge in [-0.2, -0.15) is 0 Å². The van der Waals surface area contributed by atoms with E-state index in [0.717, 1.165) is 4.90 Å². The topological polar surface area (TPSA) is 148 Å². The molecule has 4 rings (SSSR count). The van der Waals surface area contributed by atoms with Crippen molar-refractivity contribution in [3.63, 3.8) is 0 Å². The average Bonchev–Trinajstić information content (AvgIpc) is 2.87. The van der Waals surface area contributed by atoms with Gasteiger partial charge < -0.3 is 14.6 Å². The summed E-state index contributed by atoms with van der Waals surface area (Å²) in [6.07, 6.45) is 1.31. The van der Waals surface area contributed by atoms with Gasteiger partial charge in [-0.3, -0.25) is 25.0 Å². The summed E-state index contributed by atoms with van der Waals surface area (Å²) in [7, 11) is 0. The minimum Gasteiger partial charge on any atom is -0.508 e. The van der Waals surface area contributed by atoms with Gasteiger partial charge in [0.15, 0.2) is 11.5 Å². The molecule has 4 amide bonds. The molecule has 38 heavy (non-hydrogen) atoms. The number of ether oxygens (including phenoxy) is 2. The van der Waals surface area contributed by atoms with Crippen LogP contribution in [-0.4, -0.2) is 34.5 Å². The highest BCUT2D eigenvalue weighted by atomic mass is 79.9. The van der Waals surface area contributed by atoms with Crippen molar-refractivity contribution in [1.29, 1.82) is 0 Å². The van der Waals surface area contributed by atoms with Crippen LogP contribution in [-0.2, 0) is 16.2 Å². The number of hydrogen-bond acceptors (Lipinski definition) is 8. The van der Waals surface area contributed by atoms with Crippen molar-refractivity contribution in [1.82, 2.24) is 5.32 Å². The van der Waals surface area contributed by atoms with Gasteiger partial charge >= 0.3 is 6.03 Å². The Balaban J connectivity index is 1.64. The average molecular weight is 582 g/mol. The van der Waals surface area contributed by atoms with Crippen LogP contribution in [0.3, 0.4) is 0 Å². The van der Waals surface area contributed by atoms with Crippen molar-refractivity contribution >= 4 is 51.2 Å². The number of nitrogens with zero attached hydrogens (tertiary/aromatic N) is 2. The van der Waals surface area contributed by atoms with E-state index in [2.05, 4.69) is 21.2 Å². The molecule has 0 saturated carbocycles. The van der Waals surface area contributed by atoms with Crippen LogP contribution in [0.25, 0.3) is 6.08 Å². The van der Waals surface area contributed by atoms with Crippen LogP contribution >= 0.6 is 15.9 Å². The maximum Gasteiger partial charge on any atom is 0.335 e. The van der Waals surface area contributed by atoms with E-state index >= 15 is 0 Å². The number of urea groups is 1. The second-order valence-electron chi connectivity index (χ2n) is 7.95. The molecule has 0 bridgehead atoms. The predicted molar refractivity (Wildman–Crippen MR) is 140 cm³/mol. The summed E-state index contributed by atoms with van der Waals surface area (Å²) in [4.78, 5) is 49.4. The number of phenols is 1. The van der Waals surface area contributed by atoms with Gasteiger partial charge in [-0.1, -0.05) is 12.1 Å². The Hall–Kier alpha value is -4.71. The molecule has 1 heterocycles. The molecule has 0 aromatic heterocycles. The molecule has 0 unspecified atom stereocenters. The largest absolute Gasteiger partial charge is 0.508 e. The molecular weight excluding hydrogens is 562 g/mol. The van der Waals surface area contributed by atoms with Crippen LogP contribution in [0.5, 0.6) is 17.2 Å². The van der Waals surface area contributed by atoms with Crippen LogP contribution in [0.2, 0.25) is 0 Å². The summed E-state index contributed by atoms with van der Waals surface area (Å²) in [5.41, 5.74) is 0.791. The minimum absolute atomic E-state index is 0.0192. The normalized spacial score (nSPS) is 14.4. The minimum atomic E-state index is -0.913. The Morgan fingerprint density at radius 3 is 2.50 bits per heavy atom. The zero-order valence-electron chi connectivity index (χ0n) is 19.8. The fourth-order valence-electron chi connectivity index (χ4n) is 3.65. The van der Waals surface area contributed by atoms with Crippen LogP contribution in [0, 0.1) is 10.1 Å². The third-order valence-electron chi connectivity index (χ3n) is 5.36. The van der Waals surface area contributed by atoms with Crippen LogP contribution < -0.4 is 19.7 Å². The molecule has 3 aromatic rings. The van der Waals surface area contributed by atoms with E-state index in [0.29, 0.717) is 27.1 Å². The Morgan fingerprint density at radius 1 is 1.08 bits per heavy atom. The Bertz CT molecular complexity index is 1470. The van der Waals surface area contributed by atoms with Crippen molar-refractivity contribution in [2.45, 2.75) is 13.5 Å². The fourth-order valence-corrected chi connectivity index (χ4v) is 4.22. The number of hydrogen-bond donors (Lipinski definition) is 2. The van der Waals surface area contributed by atoms with Gasteiger partial charge in [0.1, 0.15) is 17.9 Å². The molecule has 0 aliphatic carbocycles. The first-order valence-corrected chi connectivity index (χ1v) is 12.0. The summed E-state index contributed by atoms with van der Waals surface area (Å²) in [6, 6.07) is 13.7. The highest BCUT2D eigenvalue weighted by molar-refractivity contribution is 9.10. The summed E-state index contributed by atoms with van der Waals surface area (Å²) < 4.78 is 12.0. The lowest BCUT2D eigenvalue weighted by Crippen LogP contribution is -2.54. The SMILES string of the molecule is CCOc1cc(/C=C2\C(=O)NC(=O)N(c3ccc(O)cc3)C2=O)cc(Br)c1OCc1cccc([N+](=O)[O-])c1. The fraction of sp³-hybridized carbons (Fsp3) is 0.115. The molecule has 3 aromatic carbocycles. The number of nitro benzene ring substituents is 1. The molecule has 1 aliphatic rings. The number of halogens is 1. The van der Waals surface area contributed by atoms with Crippen molar-refractivity contribution in [2.24, 2.45) is 0 Å². The van der Waals surface area contributed by atoms with Crippen molar-refractivity contribution in [3.05, 3.63) is 92.0 Å². The number of non-ortho nitro benzene ring substituents is 1.